The average molecular weight is 215 g/mol. The van der Waals surface area contributed by atoms with E-state index in [9.17, 15) is 5.11 Å². The molecule has 2 nitrogen and oxygen atoms in total. The van der Waals surface area contributed by atoms with Crippen molar-refractivity contribution in [3.63, 3.8) is 0 Å². The van der Waals surface area contributed by atoms with E-state index in [-0.39, 0.29) is 5.75 Å². The molecule has 1 N–H and O–H groups in total. The number of rotatable bonds is 5. The Morgan fingerprint density at radius 2 is 2.07 bits per heavy atom. The summed E-state index contributed by atoms with van der Waals surface area (Å²) in [7, 11) is 0. The monoisotopic (exact) mass is 214 g/mol. The molecule has 0 aliphatic carbocycles. The third-order valence-electron chi connectivity index (χ3n) is 1.83. The fourth-order valence-electron chi connectivity index (χ4n) is 1.20. The molecule has 1 aromatic carbocycles. The summed E-state index contributed by atoms with van der Waals surface area (Å²) < 4.78 is 5.45. The summed E-state index contributed by atoms with van der Waals surface area (Å²) in [4.78, 5) is 0. The van der Waals surface area contributed by atoms with Crippen molar-refractivity contribution in [3.05, 3.63) is 23.8 Å². The molecule has 78 valence electrons. The van der Waals surface area contributed by atoms with Crippen molar-refractivity contribution in [2.24, 2.45) is 0 Å². The first kappa shape index (κ1) is 11.2. The van der Waals surface area contributed by atoms with E-state index in [4.69, 9.17) is 16.3 Å². The Bertz CT molecular complexity index is 266. The van der Waals surface area contributed by atoms with Crippen molar-refractivity contribution in [1.29, 1.82) is 0 Å². The predicted molar refractivity (Wildman–Crippen MR) is 58.3 cm³/mol. The molecule has 0 bridgehead atoms. The second-order valence-corrected chi connectivity index (χ2v) is 3.63. The molecule has 0 radical (unpaired) electrons. The first-order chi connectivity index (χ1) is 6.72. The number of phenols is 1. The zero-order chi connectivity index (χ0) is 10.4. The molecule has 0 fully saturated rings. The van der Waals surface area contributed by atoms with Gasteiger partial charge in [0.05, 0.1) is 6.61 Å². The summed E-state index contributed by atoms with van der Waals surface area (Å²) >= 11 is 5.54. The maximum absolute atomic E-state index is 9.30. The highest BCUT2D eigenvalue weighted by Crippen LogP contribution is 2.21. The standard InChI is InChI=1S/C11H15ClO2/c1-9-6-10(13)8-11(7-9)14-5-3-2-4-12/h6-8,13H,2-5H2,1H3. The lowest BCUT2D eigenvalue weighted by Crippen LogP contribution is -1.97. The van der Waals surface area contributed by atoms with Gasteiger partial charge in [0.1, 0.15) is 11.5 Å². The zero-order valence-corrected chi connectivity index (χ0v) is 9.05. The summed E-state index contributed by atoms with van der Waals surface area (Å²) in [5.74, 6) is 1.64. The van der Waals surface area contributed by atoms with Gasteiger partial charge in [-0.05, 0) is 37.5 Å². The van der Waals surface area contributed by atoms with Gasteiger partial charge in [-0.3, -0.25) is 0 Å². The first-order valence-electron chi connectivity index (χ1n) is 4.72. The molecule has 0 amide bonds. The summed E-state index contributed by atoms with van der Waals surface area (Å²) in [6.45, 7) is 2.57. The first-order valence-corrected chi connectivity index (χ1v) is 5.25. The Balaban J connectivity index is 2.42. The number of hydrogen-bond donors (Lipinski definition) is 1. The van der Waals surface area contributed by atoms with E-state index in [1.54, 1.807) is 12.1 Å². The average Bonchev–Trinajstić information content (AvgIpc) is 2.11. The lowest BCUT2D eigenvalue weighted by atomic mass is 10.2. The van der Waals surface area contributed by atoms with Crippen LogP contribution in [-0.4, -0.2) is 17.6 Å². The number of ether oxygens (including phenoxy) is 1. The highest BCUT2D eigenvalue weighted by atomic mass is 35.5. The highest BCUT2D eigenvalue weighted by molar-refractivity contribution is 6.17. The number of aromatic hydroxyl groups is 1. The lowest BCUT2D eigenvalue weighted by molar-refractivity contribution is 0.308. The van der Waals surface area contributed by atoms with Gasteiger partial charge in [-0.25, -0.2) is 0 Å². The van der Waals surface area contributed by atoms with Crippen molar-refractivity contribution in [3.8, 4) is 11.5 Å². The van der Waals surface area contributed by atoms with Gasteiger partial charge >= 0.3 is 0 Å². The Labute approximate surface area is 89.5 Å². The van der Waals surface area contributed by atoms with Crippen molar-refractivity contribution in [2.75, 3.05) is 12.5 Å². The van der Waals surface area contributed by atoms with E-state index < -0.39 is 0 Å². The molecular formula is C11H15ClO2. The van der Waals surface area contributed by atoms with Crippen LogP contribution in [0.4, 0.5) is 0 Å². The summed E-state index contributed by atoms with van der Waals surface area (Å²) in [6, 6.07) is 5.22. The molecule has 14 heavy (non-hydrogen) atoms. The molecule has 0 unspecified atom stereocenters. The van der Waals surface area contributed by atoms with E-state index in [2.05, 4.69) is 0 Å². The van der Waals surface area contributed by atoms with Crippen molar-refractivity contribution < 1.29 is 9.84 Å². The molecule has 0 saturated carbocycles. The van der Waals surface area contributed by atoms with Crippen LogP contribution in [0.2, 0.25) is 0 Å². The molecule has 0 saturated heterocycles. The van der Waals surface area contributed by atoms with Gasteiger partial charge in [-0.1, -0.05) is 0 Å². The molecule has 0 aliphatic heterocycles. The molecule has 3 heteroatoms. The smallest absolute Gasteiger partial charge is 0.123 e. The Morgan fingerprint density at radius 1 is 1.29 bits per heavy atom. The van der Waals surface area contributed by atoms with Crippen LogP contribution in [0.25, 0.3) is 0 Å². The van der Waals surface area contributed by atoms with E-state index in [1.807, 2.05) is 13.0 Å². The molecule has 0 aliphatic rings. The molecule has 1 rings (SSSR count). The van der Waals surface area contributed by atoms with Gasteiger partial charge in [0.15, 0.2) is 0 Å². The number of aryl methyl sites for hydroxylation is 1. The van der Waals surface area contributed by atoms with Gasteiger partial charge in [0, 0.05) is 11.9 Å². The van der Waals surface area contributed by atoms with Crippen LogP contribution in [0.5, 0.6) is 11.5 Å². The number of phenolic OH excluding ortho intramolecular Hbond substituents is 1. The molecule has 0 atom stereocenters. The Kier molecular flexibility index (Phi) is 4.60. The Hall–Kier alpha value is -0.890. The number of halogens is 1. The highest BCUT2D eigenvalue weighted by Gasteiger charge is 1.97. The fourth-order valence-corrected chi connectivity index (χ4v) is 1.39. The normalized spacial score (nSPS) is 10.1. The Morgan fingerprint density at radius 3 is 2.71 bits per heavy atom. The van der Waals surface area contributed by atoms with Crippen LogP contribution >= 0.6 is 11.6 Å². The van der Waals surface area contributed by atoms with Crippen LogP contribution in [0.15, 0.2) is 18.2 Å². The fraction of sp³-hybridized carbons (Fsp3) is 0.455. The topological polar surface area (TPSA) is 29.5 Å². The minimum absolute atomic E-state index is 0.248. The van der Waals surface area contributed by atoms with E-state index in [0.29, 0.717) is 12.5 Å². The molecule has 0 spiro atoms. The minimum Gasteiger partial charge on any atom is -0.508 e. The lowest BCUT2D eigenvalue weighted by Gasteiger charge is -2.06. The SMILES string of the molecule is Cc1cc(O)cc(OCCCCCl)c1. The quantitative estimate of drug-likeness (QED) is 0.603. The van der Waals surface area contributed by atoms with Crippen molar-refractivity contribution in [1.82, 2.24) is 0 Å². The predicted octanol–water partition coefficient (Wildman–Crippen LogP) is 3.10. The largest absolute Gasteiger partial charge is 0.508 e. The molecular weight excluding hydrogens is 200 g/mol. The van der Waals surface area contributed by atoms with Crippen molar-refractivity contribution >= 4 is 11.6 Å². The summed E-state index contributed by atoms with van der Waals surface area (Å²) in [5.41, 5.74) is 0.998. The third-order valence-corrected chi connectivity index (χ3v) is 2.10. The van der Waals surface area contributed by atoms with Crippen LogP contribution in [0, 0.1) is 6.92 Å². The van der Waals surface area contributed by atoms with Crippen LogP contribution in [-0.2, 0) is 0 Å². The second kappa shape index (κ2) is 5.76. The van der Waals surface area contributed by atoms with E-state index in [0.717, 1.165) is 24.2 Å². The number of benzene rings is 1. The maximum Gasteiger partial charge on any atom is 0.123 e. The van der Waals surface area contributed by atoms with Crippen LogP contribution in [0.3, 0.4) is 0 Å². The number of hydrogen-bond acceptors (Lipinski definition) is 2. The minimum atomic E-state index is 0.248. The molecule has 0 heterocycles. The van der Waals surface area contributed by atoms with Gasteiger partial charge < -0.3 is 9.84 Å². The molecule has 0 aromatic heterocycles. The van der Waals surface area contributed by atoms with Crippen molar-refractivity contribution in [2.45, 2.75) is 19.8 Å². The van der Waals surface area contributed by atoms with Crippen LogP contribution < -0.4 is 4.74 Å². The van der Waals surface area contributed by atoms with Gasteiger partial charge in [-0.2, -0.15) is 0 Å². The molecule has 1 aromatic rings. The third kappa shape index (κ3) is 3.88. The number of unbranched alkanes of at least 4 members (excludes halogenated alkanes) is 1. The summed E-state index contributed by atoms with van der Waals surface area (Å²) in [5, 5.41) is 9.30. The van der Waals surface area contributed by atoms with Crippen LogP contribution in [0.1, 0.15) is 18.4 Å². The number of alkyl halides is 1. The van der Waals surface area contributed by atoms with Gasteiger partial charge in [0.2, 0.25) is 0 Å². The maximum atomic E-state index is 9.30. The van der Waals surface area contributed by atoms with Gasteiger partial charge in [0.25, 0.3) is 0 Å². The van der Waals surface area contributed by atoms with E-state index in [1.165, 1.54) is 0 Å². The van der Waals surface area contributed by atoms with E-state index >= 15 is 0 Å². The summed E-state index contributed by atoms with van der Waals surface area (Å²) in [6.07, 6.45) is 1.90. The zero-order valence-electron chi connectivity index (χ0n) is 8.29. The van der Waals surface area contributed by atoms with Gasteiger partial charge in [-0.15, -0.1) is 11.6 Å². The second-order valence-electron chi connectivity index (χ2n) is 3.25.